The van der Waals surface area contributed by atoms with E-state index in [0.29, 0.717) is 5.92 Å². The van der Waals surface area contributed by atoms with Crippen LogP contribution in [0.4, 0.5) is 4.39 Å². The molecule has 0 aliphatic heterocycles. The van der Waals surface area contributed by atoms with Gasteiger partial charge in [-0.05, 0) is 36.5 Å². The second-order valence-corrected chi connectivity index (χ2v) is 5.36. The fourth-order valence-electron chi connectivity index (χ4n) is 2.66. The van der Waals surface area contributed by atoms with E-state index in [4.69, 9.17) is 17.3 Å². The molecule has 2 N–H and O–H groups in total. The lowest BCUT2D eigenvalue weighted by Crippen LogP contribution is -2.21. The predicted octanol–water partition coefficient (Wildman–Crippen LogP) is 4.45. The molecule has 1 saturated carbocycles. The molecule has 1 aromatic carbocycles. The smallest absolute Gasteiger partial charge is 0.141 e. The third-order valence-corrected chi connectivity index (χ3v) is 4.03. The minimum Gasteiger partial charge on any atom is -0.324 e. The molecule has 2 rings (SSSR count). The Bertz CT molecular complexity index is 372. The summed E-state index contributed by atoms with van der Waals surface area (Å²) in [5, 5.41) is 0.173. The molecular formula is C14H19ClFN. The molecule has 1 unspecified atom stereocenters. The summed E-state index contributed by atoms with van der Waals surface area (Å²) < 4.78 is 13.1. The minimum absolute atomic E-state index is 0.00815. The average molecular weight is 256 g/mol. The number of nitrogens with two attached hydrogens (primary N) is 1. The first-order chi connectivity index (χ1) is 8.18. The van der Waals surface area contributed by atoms with Gasteiger partial charge in [0.1, 0.15) is 5.82 Å². The van der Waals surface area contributed by atoms with Crippen molar-refractivity contribution < 1.29 is 4.39 Å². The van der Waals surface area contributed by atoms with Gasteiger partial charge in [0.2, 0.25) is 0 Å². The maximum Gasteiger partial charge on any atom is 0.141 e. The van der Waals surface area contributed by atoms with Gasteiger partial charge < -0.3 is 5.73 Å². The van der Waals surface area contributed by atoms with Gasteiger partial charge in [-0.25, -0.2) is 4.39 Å². The van der Waals surface area contributed by atoms with E-state index < -0.39 is 0 Å². The van der Waals surface area contributed by atoms with Gasteiger partial charge in [-0.1, -0.05) is 43.4 Å². The van der Waals surface area contributed by atoms with Crippen molar-refractivity contribution in [3.05, 3.63) is 34.6 Å². The van der Waals surface area contributed by atoms with Gasteiger partial charge >= 0.3 is 0 Å². The van der Waals surface area contributed by atoms with Gasteiger partial charge in [-0.2, -0.15) is 0 Å². The van der Waals surface area contributed by atoms with Crippen molar-refractivity contribution in [2.45, 2.75) is 44.6 Å². The Balaban J connectivity index is 2.11. The lowest BCUT2D eigenvalue weighted by Gasteiger charge is -2.22. The maximum atomic E-state index is 13.1. The highest BCUT2D eigenvalue weighted by Gasteiger charge is 2.21. The van der Waals surface area contributed by atoms with Gasteiger partial charge in [0.25, 0.3) is 0 Å². The lowest BCUT2D eigenvalue weighted by molar-refractivity contribution is 0.382. The number of benzene rings is 1. The maximum absolute atomic E-state index is 13.1. The fraction of sp³-hybridized carbons (Fsp3) is 0.571. The summed E-state index contributed by atoms with van der Waals surface area (Å²) in [7, 11) is 0. The normalized spacial score (nSPS) is 19.9. The van der Waals surface area contributed by atoms with Gasteiger partial charge in [0, 0.05) is 6.04 Å². The van der Waals surface area contributed by atoms with Crippen molar-refractivity contribution in [1.82, 2.24) is 0 Å². The largest absolute Gasteiger partial charge is 0.324 e. The lowest BCUT2D eigenvalue weighted by atomic mass is 9.88. The van der Waals surface area contributed by atoms with E-state index in [2.05, 4.69) is 0 Å². The zero-order valence-corrected chi connectivity index (χ0v) is 10.7. The molecule has 0 radical (unpaired) electrons. The van der Waals surface area contributed by atoms with E-state index in [0.717, 1.165) is 5.56 Å². The van der Waals surface area contributed by atoms with Crippen molar-refractivity contribution in [2.24, 2.45) is 11.7 Å². The summed E-state index contributed by atoms with van der Waals surface area (Å²) in [5.74, 6) is 0.141. The van der Waals surface area contributed by atoms with Gasteiger partial charge in [0.05, 0.1) is 5.02 Å². The van der Waals surface area contributed by atoms with E-state index in [1.54, 1.807) is 12.1 Å². The van der Waals surface area contributed by atoms with Crippen LogP contribution in [0.2, 0.25) is 5.02 Å². The van der Waals surface area contributed by atoms with Crippen LogP contribution in [0.3, 0.4) is 0 Å². The zero-order valence-electron chi connectivity index (χ0n) is 9.96. The Kier molecular flexibility index (Phi) is 4.41. The SMILES string of the molecule is NC(c1ccc(F)c(Cl)c1)C1CCCCCC1. The van der Waals surface area contributed by atoms with Crippen molar-refractivity contribution in [1.29, 1.82) is 0 Å². The molecule has 1 aliphatic carbocycles. The third-order valence-electron chi connectivity index (χ3n) is 3.74. The Labute approximate surface area is 107 Å². The van der Waals surface area contributed by atoms with Crippen LogP contribution in [0.5, 0.6) is 0 Å². The minimum atomic E-state index is -0.372. The third kappa shape index (κ3) is 3.20. The van der Waals surface area contributed by atoms with Crippen molar-refractivity contribution >= 4 is 11.6 Å². The number of rotatable bonds is 2. The molecule has 1 atom stereocenters. The molecule has 0 aromatic heterocycles. The second kappa shape index (κ2) is 5.83. The van der Waals surface area contributed by atoms with Gasteiger partial charge in [0.15, 0.2) is 0 Å². The first-order valence-corrected chi connectivity index (χ1v) is 6.77. The van der Waals surface area contributed by atoms with Crippen molar-refractivity contribution in [3.63, 3.8) is 0 Å². The Hall–Kier alpha value is -0.600. The Morgan fingerprint density at radius 1 is 1.18 bits per heavy atom. The van der Waals surface area contributed by atoms with Crippen LogP contribution >= 0.6 is 11.6 Å². The van der Waals surface area contributed by atoms with E-state index in [1.165, 1.54) is 44.6 Å². The summed E-state index contributed by atoms with van der Waals surface area (Å²) >= 11 is 5.80. The monoisotopic (exact) mass is 255 g/mol. The summed E-state index contributed by atoms with van der Waals surface area (Å²) in [5.41, 5.74) is 7.24. The molecular weight excluding hydrogens is 237 g/mol. The highest BCUT2D eigenvalue weighted by molar-refractivity contribution is 6.30. The molecule has 0 heterocycles. The molecule has 0 amide bonds. The van der Waals surface area contributed by atoms with Crippen LogP contribution in [0.15, 0.2) is 18.2 Å². The van der Waals surface area contributed by atoms with E-state index in [1.807, 2.05) is 0 Å². The Morgan fingerprint density at radius 2 is 1.82 bits per heavy atom. The van der Waals surface area contributed by atoms with E-state index >= 15 is 0 Å². The molecule has 1 aliphatic rings. The van der Waals surface area contributed by atoms with Gasteiger partial charge in [-0.15, -0.1) is 0 Å². The topological polar surface area (TPSA) is 26.0 Å². The van der Waals surface area contributed by atoms with E-state index in [-0.39, 0.29) is 16.9 Å². The number of halogens is 2. The molecule has 94 valence electrons. The Morgan fingerprint density at radius 3 is 2.41 bits per heavy atom. The molecule has 0 spiro atoms. The summed E-state index contributed by atoms with van der Waals surface area (Å²) in [6.45, 7) is 0. The molecule has 1 aromatic rings. The number of hydrogen-bond acceptors (Lipinski definition) is 1. The average Bonchev–Trinajstić information content (AvgIpc) is 2.60. The molecule has 17 heavy (non-hydrogen) atoms. The van der Waals surface area contributed by atoms with E-state index in [9.17, 15) is 4.39 Å². The highest BCUT2D eigenvalue weighted by atomic mass is 35.5. The van der Waals surface area contributed by atoms with Crippen LogP contribution in [0.25, 0.3) is 0 Å². The first kappa shape index (κ1) is 12.8. The summed E-state index contributed by atoms with van der Waals surface area (Å²) in [6.07, 6.45) is 7.49. The zero-order chi connectivity index (χ0) is 12.3. The standard InChI is InChI=1S/C14H19ClFN/c15-12-9-11(7-8-13(12)16)14(17)10-5-3-1-2-4-6-10/h7-10,14H,1-6,17H2. The van der Waals surface area contributed by atoms with Crippen LogP contribution in [0, 0.1) is 11.7 Å². The van der Waals surface area contributed by atoms with Crippen LogP contribution in [0.1, 0.15) is 50.1 Å². The predicted molar refractivity (Wildman–Crippen MR) is 69.5 cm³/mol. The summed E-state index contributed by atoms with van der Waals surface area (Å²) in [6, 6.07) is 4.84. The van der Waals surface area contributed by atoms with Crippen LogP contribution < -0.4 is 5.73 Å². The van der Waals surface area contributed by atoms with Crippen LogP contribution in [-0.2, 0) is 0 Å². The second-order valence-electron chi connectivity index (χ2n) is 4.95. The highest BCUT2D eigenvalue weighted by Crippen LogP contribution is 2.33. The van der Waals surface area contributed by atoms with Crippen LogP contribution in [-0.4, -0.2) is 0 Å². The molecule has 1 nitrogen and oxygen atoms in total. The molecule has 0 saturated heterocycles. The molecule has 0 bridgehead atoms. The van der Waals surface area contributed by atoms with Gasteiger partial charge in [-0.3, -0.25) is 0 Å². The molecule has 1 fully saturated rings. The van der Waals surface area contributed by atoms with Crippen molar-refractivity contribution in [2.75, 3.05) is 0 Å². The fourth-order valence-corrected chi connectivity index (χ4v) is 2.85. The first-order valence-electron chi connectivity index (χ1n) is 6.39. The van der Waals surface area contributed by atoms with Crippen molar-refractivity contribution in [3.8, 4) is 0 Å². The number of hydrogen-bond donors (Lipinski definition) is 1. The molecule has 3 heteroatoms. The quantitative estimate of drug-likeness (QED) is 0.777. The summed E-state index contributed by atoms with van der Waals surface area (Å²) in [4.78, 5) is 0.